The predicted octanol–water partition coefficient (Wildman–Crippen LogP) is 7.68. The lowest BCUT2D eigenvalue weighted by Gasteiger charge is -2.42. The average molecular weight is 467 g/mol. The molecule has 0 amide bonds. The minimum absolute atomic E-state index is 0.134. The molecule has 1 heterocycles. The molecule has 0 saturated heterocycles. The molecule has 2 aliphatic rings. The van der Waals surface area contributed by atoms with Gasteiger partial charge in [-0.15, -0.1) is 0 Å². The molecule has 35 heavy (non-hydrogen) atoms. The van der Waals surface area contributed by atoms with E-state index in [4.69, 9.17) is 4.74 Å². The molecule has 1 saturated carbocycles. The topological polar surface area (TPSA) is 46.5 Å². The molecule has 0 bridgehead atoms. The van der Waals surface area contributed by atoms with Crippen LogP contribution < -0.4 is 0 Å². The number of cyclic esters (lactones) is 1. The Morgan fingerprint density at radius 3 is 1.60 bits per heavy atom. The van der Waals surface area contributed by atoms with E-state index in [1.165, 1.54) is 0 Å². The van der Waals surface area contributed by atoms with Gasteiger partial charge in [0, 0.05) is 17.8 Å². The van der Waals surface area contributed by atoms with Gasteiger partial charge in [-0.05, 0) is 48.3 Å². The second-order valence-corrected chi connectivity index (χ2v) is 9.91. The van der Waals surface area contributed by atoms with E-state index in [0.717, 1.165) is 42.4 Å². The summed E-state index contributed by atoms with van der Waals surface area (Å²) in [5, 5.41) is 12.2. The minimum atomic E-state index is -1.15. The zero-order chi connectivity index (χ0) is 24.4. The first-order chi connectivity index (χ1) is 17.1. The van der Waals surface area contributed by atoms with Gasteiger partial charge in [0.25, 0.3) is 0 Å². The summed E-state index contributed by atoms with van der Waals surface area (Å²) in [6, 6.07) is 30.6. The SMILES string of the molecule is CCC(c1ccccc1)C1(C(CC)c2ccccc2)OC(=O)C(C(c2ccccc2)C2CC2)=C1O. The lowest BCUT2D eigenvalue weighted by atomic mass is 9.67. The Labute approximate surface area is 208 Å². The number of hydrogen-bond acceptors (Lipinski definition) is 3. The molecule has 3 aromatic rings. The van der Waals surface area contributed by atoms with E-state index >= 15 is 0 Å². The van der Waals surface area contributed by atoms with Gasteiger partial charge in [0.15, 0.2) is 5.60 Å². The minimum Gasteiger partial charge on any atom is -0.507 e. The van der Waals surface area contributed by atoms with E-state index < -0.39 is 5.60 Å². The van der Waals surface area contributed by atoms with Crippen LogP contribution in [0, 0.1) is 5.92 Å². The van der Waals surface area contributed by atoms with Crippen LogP contribution in [-0.4, -0.2) is 16.7 Å². The number of aliphatic hydroxyl groups excluding tert-OH is 1. The number of benzene rings is 3. The Bertz CT molecular complexity index is 1130. The highest BCUT2D eigenvalue weighted by Crippen LogP contribution is 2.57. The molecular weight excluding hydrogens is 432 g/mol. The van der Waals surface area contributed by atoms with Gasteiger partial charge in [-0.2, -0.15) is 0 Å². The van der Waals surface area contributed by atoms with Gasteiger partial charge in [0.05, 0.1) is 5.57 Å². The molecule has 1 aliphatic heterocycles. The smallest absolute Gasteiger partial charge is 0.339 e. The number of esters is 1. The highest BCUT2D eigenvalue weighted by molar-refractivity contribution is 5.95. The zero-order valence-corrected chi connectivity index (χ0v) is 20.6. The van der Waals surface area contributed by atoms with Gasteiger partial charge in [-0.25, -0.2) is 4.79 Å². The summed E-state index contributed by atoms with van der Waals surface area (Å²) in [7, 11) is 0. The van der Waals surface area contributed by atoms with E-state index in [0.29, 0.717) is 11.5 Å². The summed E-state index contributed by atoms with van der Waals surface area (Å²) in [5.74, 6) is -0.378. The van der Waals surface area contributed by atoms with Crippen LogP contribution in [0.25, 0.3) is 0 Å². The van der Waals surface area contributed by atoms with Crippen LogP contribution in [0.5, 0.6) is 0 Å². The first-order valence-corrected chi connectivity index (χ1v) is 12.9. The first kappa shape index (κ1) is 23.4. The summed E-state index contributed by atoms with van der Waals surface area (Å²) >= 11 is 0. The van der Waals surface area contributed by atoms with Crippen LogP contribution in [-0.2, 0) is 9.53 Å². The van der Waals surface area contributed by atoms with Gasteiger partial charge in [-0.1, -0.05) is 105 Å². The van der Waals surface area contributed by atoms with Gasteiger partial charge in [-0.3, -0.25) is 0 Å². The third-order valence-electron chi connectivity index (χ3n) is 7.93. The fourth-order valence-corrected chi connectivity index (χ4v) is 6.26. The van der Waals surface area contributed by atoms with E-state index in [1.54, 1.807) is 0 Å². The number of carbonyl (C=O) groups excluding carboxylic acids is 1. The maximum atomic E-state index is 13.8. The number of hydrogen-bond donors (Lipinski definition) is 1. The lowest BCUT2D eigenvalue weighted by molar-refractivity contribution is -0.153. The molecule has 0 aromatic heterocycles. The van der Waals surface area contributed by atoms with Gasteiger partial charge >= 0.3 is 5.97 Å². The molecule has 3 atom stereocenters. The fraction of sp³-hybridized carbons (Fsp3) is 0.344. The second kappa shape index (κ2) is 9.73. The Morgan fingerprint density at radius 2 is 1.20 bits per heavy atom. The van der Waals surface area contributed by atoms with Crippen molar-refractivity contribution in [1.82, 2.24) is 0 Å². The molecule has 3 nitrogen and oxygen atoms in total. The fourth-order valence-electron chi connectivity index (χ4n) is 6.26. The molecule has 0 spiro atoms. The van der Waals surface area contributed by atoms with E-state index in [9.17, 15) is 9.90 Å². The first-order valence-electron chi connectivity index (χ1n) is 12.9. The number of aliphatic hydroxyl groups is 1. The van der Waals surface area contributed by atoms with Gasteiger partial charge in [0.2, 0.25) is 0 Å². The highest BCUT2D eigenvalue weighted by atomic mass is 16.6. The maximum Gasteiger partial charge on any atom is 0.339 e. The molecule has 180 valence electrons. The highest BCUT2D eigenvalue weighted by Gasteiger charge is 2.60. The van der Waals surface area contributed by atoms with Crippen molar-refractivity contribution in [2.45, 2.75) is 62.9 Å². The van der Waals surface area contributed by atoms with Crippen molar-refractivity contribution in [3.63, 3.8) is 0 Å². The average Bonchev–Trinajstić information content (AvgIpc) is 3.70. The molecule has 3 unspecified atom stereocenters. The quantitative estimate of drug-likeness (QED) is 0.329. The van der Waals surface area contributed by atoms with Gasteiger partial charge < -0.3 is 9.84 Å². The van der Waals surface area contributed by atoms with Crippen LogP contribution >= 0.6 is 0 Å². The molecule has 1 fully saturated rings. The van der Waals surface area contributed by atoms with Crippen molar-refractivity contribution in [3.05, 3.63) is 119 Å². The molecule has 1 aliphatic carbocycles. The van der Waals surface area contributed by atoms with Crippen molar-refractivity contribution in [2.75, 3.05) is 0 Å². The number of rotatable bonds is 9. The lowest BCUT2D eigenvalue weighted by Crippen LogP contribution is -2.45. The van der Waals surface area contributed by atoms with Crippen LogP contribution in [0.15, 0.2) is 102 Å². The van der Waals surface area contributed by atoms with Crippen molar-refractivity contribution in [2.24, 2.45) is 5.92 Å². The van der Waals surface area contributed by atoms with E-state index in [-0.39, 0.29) is 29.5 Å². The maximum absolute atomic E-state index is 13.8. The predicted molar refractivity (Wildman–Crippen MR) is 139 cm³/mol. The summed E-state index contributed by atoms with van der Waals surface area (Å²) in [6.07, 6.45) is 3.58. The van der Waals surface area contributed by atoms with Crippen molar-refractivity contribution in [3.8, 4) is 0 Å². The molecule has 5 rings (SSSR count). The number of ether oxygens (including phenoxy) is 1. The molecule has 0 radical (unpaired) electrons. The Hall–Kier alpha value is -3.33. The summed E-state index contributed by atoms with van der Waals surface area (Å²) < 4.78 is 6.51. The van der Waals surface area contributed by atoms with Crippen molar-refractivity contribution in [1.29, 1.82) is 0 Å². The molecule has 3 aromatic carbocycles. The Morgan fingerprint density at radius 1 is 0.771 bits per heavy atom. The summed E-state index contributed by atoms with van der Waals surface area (Å²) in [6.45, 7) is 4.23. The molecular formula is C32H34O3. The van der Waals surface area contributed by atoms with Crippen LogP contribution in [0.2, 0.25) is 0 Å². The standard InChI is InChI=1S/C32H34O3/c1-3-26(22-14-8-5-9-15-22)32(27(4-2)23-16-10-6-11-17-23)30(33)29(31(34)35-32)28(25-20-21-25)24-18-12-7-13-19-24/h5-19,25-28,33H,3-4,20-21H2,1-2H3. The zero-order valence-electron chi connectivity index (χ0n) is 20.6. The monoisotopic (exact) mass is 466 g/mol. The van der Waals surface area contributed by atoms with Crippen LogP contribution in [0.1, 0.15) is 74.0 Å². The Balaban J connectivity index is 1.74. The van der Waals surface area contributed by atoms with E-state index in [2.05, 4.69) is 50.2 Å². The van der Waals surface area contributed by atoms with Gasteiger partial charge in [0.1, 0.15) is 5.76 Å². The third kappa shape index (κ3) is 4.07. The molecule has 1 N–H and O–H groups in total. The third-order valence-corrected chi connectivity index (χ3v) is 7.93. The van der Waals surface area contributed by atoms with Crippen molar-refractivity contribution < 1.29 is 14.6 Å². The van der Waals surface area contributed by atoms with Crippen LogP contribution in [0.3, 0.4) is 0 Å². The summed E-state index contributed by atoms with van der Waals surface area (Å²) in [4.78, 5) is 13.8. The summed E-state index contributed by atoms with van der Waals surface area (Å²) in [5.41, 5.74) is 2.54. The molecule has 3 heteroatoms. The van der Waals surface area contributed by atoms with E-state index in [1.807, 2.05) is 54.6 Å². The second-order valence-electron chi connectivity index (χ2n) is 9.91. The van der Waals surface area contributed by atoms with Crippen molar-refractivity contribution >= 4 is 5.97 Å². The largest absolute Gasteiger partial charge is 0.507 e. The number of carbonyl (C=O) groups is 1. The van der Waals surface area contributed by atoms with Crippen LogP contribution in [0.4, 0.5) is 0 Å². The normalized spacial score (nSPS) is 22.5. The Kier molecular flexibility index (Phi) is 6.51.